The summed E-state index contributed by atoms with van der Waals surface area (Å²) >= 11 is 1.37. The first-order valence-electron chi connectivity index (χ1n) is 8.14. The van der Waals surface area contributed by atoms with Crippen LogP contribution in [0, 0.1) is 6.92 Å². The molecule has 0 spiro atoms. The fourth-order valence-electron chi connectivity index (χ4n) is 2.73. The van der Waals surface area contributed by atoms with Gasteiger partial charge in [-0.15, -0.1) is 0 Å². The lowest BCUT2D eigenvalue weighted by Gasteiger charge is -2.10. The summed E-state index contributed by atoms with van der Waals surface area (Å²) in [6.07, 6.45) is 0. The van der Waals surface area contributed by atoms with Crippen molar-refractivity contribution in [2.75, 3.05) is 5.32 Å². The highest BCUT2D eigenvalue weighted by molar-refractivity contribution is 8.00. The molecule has 0 bridgehead atoms. The summed E-state index contributed by atoms with van der Waals surface area (Å²) in [5.41, 5.74) is 4.71. The van der Waals surface area contributed by atoms with Gasteiger partial charge in [-0.05, 0) is 49.7 Å². The molecule has 0 saturated heterocycles. The predicted molar refractivity (Wildman–Crippen MR) is 104 cm³/mol. The van der Waals surface area contributed by atoms with Gasteiger partial charge in [0.15, 0.2) is 5.16 Å². The van der Waals surface area contributed by atoms with E-state index in [4.69, 9.17) is 0 Å². The average molecular weight is 367 g/mol. The number of anilines is 1. The minimum atomic E-state index is -0.336. The topological polar surface area (TPSA) is 106 Å². The maximum absolute atomic E-state index is 12.5. The van der Waals surface area contributed by atoms with Crippen LogP contribution in [0.2, 0.25) is 0 Å². The van der Waals surface area contributed by atoms with E-state index in [2.05, 4.69) is 25.3 Å². The van der Waals surface area contributed by atoms with Crippen LogP contribution in [0.15, 0.2) is 46.3 Å². The molecular formula is C18H17N5O2S. The number of nitrogens with zero attached hydrogens (tertiary/aromatic N) is 1. The molecule has 4 aromatic rings. The molecule has 2 heterocycles. The van der Waals surface area contributed by atoms with Crippen LogP contribution in [0.5, 0.6) is 0 Å². The monoisotopic (exact) mass is 367 g/mol. The lowest BCUT2D eigenvalue weighted by atomic mass is 10.2. The van der Waals surface area contributed by atoms with E-state index in [0.717, 1.165) is 16.6 Å². The Morgan fingerprint density at radius 3 is 2.73 bits per heavy atom. The molecule has 2 aromatic heterocycles. The van der Waals surface area contributed by atoms with Crippen molar-refractivity contribution in [3.8, 4) is 0 Å². The molecule has 4 rings (SSSR count). The zero-order valence-corrected chi connectivity index (χ0v) is 15.0. The standard InChI is InChI=1S/C18H17N5O2S/c1-9-3-5-13-14(7-9)23-18(22-13)26-10(2)16(24)19-11-4-6-12-15(8-11)21-17(25)20-12/h3-8,10H,1-2H3,(H,19,24)(H,22,23)(H2,20,21,25)/t10-/m1/s1. The van der Waals surface area contributed by atoms with Gasteiger partial charge in [0.1, 0.15) is 0 Å². The van der Waals surface area contributed by atoms with E-state index >= 15 is 0 Å². The number of nitrogens with one attached hydrogen (secondary N) is 4. The average Bonchev–Trinajstić information content (AvgIpc) is 3.15. The number of hydrogen-bond donors (Lipinski definition) is 4. The second-order valence-electron chi connectivity index (χ2n) is 6.15. The van der Waals surface area contributed by atoms with Crippen LogP contribution >= 0.6 is 11.8 Å². The number of carbonyl (C=O) groups is 1. The molecule has 0 aliphatic carbocycles. The Balaban J connectivity index is 1.48. The molecule has 1 amide bonds. The van der Waals surface area contributed by atoms with Crippen LogP contribution in [0.25, 0.3) is 22.1 Å². The van der Waals surface area contributed by atoms with Crippen molar-refractivity contribution >= 4 is 45.4 Å². The Morgan fingerprint density at radius 2 is 1.88 bits per heavy atom. The molecule has 26 heavy (non-hydrogen) atoms. The lowest BCUT2D eigenvalue weighted by Crippen LogP contribution is -2.22. The first-order valence-corrected chi connectivity index (χ1v) is 9.02. The number of H-pyrrole nitrogens is 3. The molecule has 0 fully saturated rings. The van der Waals surface area contributed by atoms with Gasteiger partial charge in [-0.25, -0.2) is 9.78 Å². The van der Waals surface area contributed by atoms with Gasteiger partial charge in [0.25, 0.3) is 0 Å². The quantitative estimate of drug-likeness (QED) is 0.416. The van der Waals surface area contributed by atoms with Gasteiger partial charge in [0, 0.05) is 5.69 Å². The van der Waals surface area contributed by atoms with Crippen molar-refractivity contribution < 1.29 is 4.79 Å². The van der Waals surface area contributed by atoms with E-state index in [1.807, 2.05) is 32.0 Å². The second kappa shape index (κ2) is 6.38. The first kappa shape index (κ1) is 16.5. The van der Waals surface area contributed by atoms with Crippen LogP contribution < -0.4 is 11.0 Å². The van der Waals surface area contributed by atoms with E-state index < -0.39 is 0 Å². The third-order valence-corrected chi connectivity index (χ3v) is 5.04. The Morgan fingerprint density at radius 1 is 1.08 bits per heavy atom. The van der Waals surface area contributed by atoms with Crippen molar-refractivity contribution in [2.24, 2.45) is 0 Å². The van der Waals surface area contributed by atoms with Gasteiger partial charge >= 0.3 is 5.69 Å². The number of aromatic nitrogens is 4. The highest BCUT2D eigenvalue weighted by atomic mass is 32.2. The van der Waals surface area contributed by atoms with Crippen molar-refractivity contribution in [1.82, 2.24) is 19.9 Å². The summed E-state index contributed by atoms with van der Waals surface area (Å²) in [6.45, 7) is 3.85. The highest BCUT2D eigenvalue weighted by Gasteiger charge is 2.17. The molecule has 0 saturated carbocycles. The lowest BCUT2D eigenvalue weighted by molar-refractivity contribution is -0.115. The van der Waals surface area contributed by atoms with Gasteiger partial charge in [0.05, 0.1) is 27.3 Å². The van der Waals surface area contributed by atoms with Gasteiger partial charge < -0.3 is 20.3 Å². The molecule has 0 radical (unpaired) electrons. The molecule has 1 atom stereocenters. The fraction of sp³-hybridized carbons (Fsp3) is 0.167. The summed E-state index contributed by atoms with van der Waals surface area (Å²) in [7, 11) is 0. The number of rotatable bonds is 4. The molecule has 132 valence electrons. The predicted octanol–water partition coefficient (Wildman–Crippen LogP) is 3.16. The van der Waals surface area contributed by atoms with Crippen molar-refractivity contribution in [1.29, 1.82) is 0 Å². The molecule has 2 aromatic carbocycles. The summed E-state index contributed by atoms with van der Waals surface area (Å²) in [5, 5.41) is 3.24. The maximum atomic E-state index is 12.5. The number of imidazole rings is 2. The SMILES string of the molecule is Cc1ccc2nc(S[C@H](C)C(=O)Nc3ccc4[nH]c(=O)[nH]c4c3)[nH]c2c1. The Labute approximate surface area is 152 Å². The van der Waals surface area contributed by atoms with Gasteiger partial charge in [-0.3, -0.25) is 4.79 Å². The smallest absolute Gasteiger partial charge is 0.323 e. The number of fused-ring (bicyclic) bond motifs is 2. The Bertz CT molecular complexity index is 1170. The van der Waals surface area contributed by atoms with Gasteiger partial charge in [-0.2, -0.15) is 0 Å². The van der Waals surface area contributed by atoms with Crippen LogP contribution in [0.3, 0.4) is 0 Å². The van der Waals surface area contributed by atoms with E-state index in [1.54, 1.807) is 18.2 Å². The van der Waals surface area contributed by atoms with Crippen LogP contribution in [-0.2, 0) is 4.79 Å². The molecule has 0 unspecified atom stereocenters. The molecule has 7 nitrogen and oxygen atoms in total. The summed E-state index contributed by atoms with van der Waals surface area (Å²) in [6, 6.07) is 11.2. The number of carbonyl (C=O) groups excluding carboxylic acids is 1. The van der Waals surface area contributed by atoms with Gasteiger partial charge in [-0.1, -0.05) is 17.8 Å². The minimum absolute atomic E-state index is 0.135. The number of amides is 1. The van der Waals surface area contributed by atoms with E-state index in [0.29, 0.717) is 21.9 Å². The number of aryl methyl sites for hydroxylation is 1. The second-order valence-corrected chi connectivity index (χ2v) is 7.48. The molecule has 4 N–H and O–H groups in total. The van der Waals surface area contributed by atoms with Crippen LogP contribution in [0.4, 0.5) is 5.69 Å². The third-order valence-electron chi connectivity index (χ3n) is 4.06. The summed E-state index contributed by atoms with van der Waals surface area (Å²) < 4.78 is 0. The van der Waals surface area contributed by atoms with E-state index in [1.165, 1.54) is 11.8 Å². The molecule has 8 heteroatoms. The zero-order chi connectivity index (χ0) is 18.3. The molecule has 0 aliphatic rings. The summed E-state index contributed by atoms with van der Waals surface area (Å²) in [4.78, 5) is 36.9. The van der Waals surface area contributed by atoms with Crippen LogP contribution in [0.1, 0.15) is 12.5 Å². The van der Waals surface area contributed by atoms with E-state index in [-0.39, 0.29) is 16.8 Å². The number of aromatic amines is 3. The number of benzene rings is 2. The molecule has 0 aliphatic heterocycles. The maximum Gasteiger partial charge on any atom is 0.323 e. The number of hydrogen-bond acceptors (Lipinski definition) is 4. The number of thioether (sulfide) groups is 1. The van der Waals surface area contributed by atoms with Crippen molar-refractivity contribution in [3.63, 3.8) is 0 Å². The zero-order valence-electron chi connectivity index (χ0n) is 14.2. The van der Waals surface area contributed by atoms with Crippen LogP contribution in [-0.4, -0.2) is 31.1 Å². The van der Waals surface area contributed by atoms with Crippen molar-refractivity contribution in [3.05, 3.63) is 52.4 Å². The first-order chi connectivity index (χ1) is 12.5. The van der Waals surface area contributed by atoms with E-state index in [9.17, 15) is 9.59 Å². The normalized spacial score (nSPS) is 12.5. The Kier molecular flexibility index (Phi) is 4.04. The fourth-order valence-corrected chi connectivity index (χ4v) is 3.55. The highest BCUT2D eigenvalue weighted by Crippen LogP contribution is 2.25. The minimum Gasteiger partial charge on any atom is -0.333 e. The summed E-state index contributed by atoms with van der Waals surface area (Å²) in [5.74, 6) is -0.135. The largest absolute Gasteiger partial charge is 0.333 e. The molecular weight excluding hydrogens is 350 g/mol. The third kappa shape index (κ3) is 3.23. The Hall–Kier alpha value is -3.00. The van der Waals surface area contributed by atoms with Crippen molar-refractivity contribution in [2.45, 2.75) is 24.3 Å². The van der Waals surface area contributed by atoms with Gasteiger partial charge in [0.2, 0.25) is 5.91 Å².